The number of nitro benzene ring substituents is 1. The van der Waals surface area contributed by atoms with Crippen LogP contribution in [0.3, 0.4) is 0 Å². The molecule has 0 radical (unpaired) electrons. The molecule has 8 heteroatoms. The van der Waals surface area contributed by atoms with Gasteiger partial charge in [-0.3, -0.25) is 19.8 Å². The van der Waals surface area contributed by atoms with Crippen molar-refractivity contribution in [2.75, 3.05) is 12.4 Å². The topological polar surface area (TPSA) is 75.5 Å². The summed E-state index contributed by atoms with van der Waals surface area (Å²) in [5.41, 5.74) is 1.03. The lowest BCUT2D eigenvalue weighted by Crippen LogP contribution is -2.39. The van der Waals surface area contributed by atoms with Crippen LogP contribution in [0, 0.1) is 10.1 Å². The minimum atomic E-state index is -0.522. The number of halogens is 2. The minimum Gasteiger partial charge on any atom is -0.323 e. The molecule has 1 unspecified atom stereocenters. The van der Waals surface area contributed by atoms with Gasteiger partial charge in [0, 0.05) is 23.2 Å². The summed E-state index contributed by atoms with van der Waals surface area (Å²) in [6, 6.07) is 10.7. The summed E-state index contributed by atoms with van der Waals surface area (Å²) in [6.07, 6.45) is 0. The van der Waals surface area contributed by atoms with Crippen LogP contribution in [0.25, 0.3) is 0 Å². The maximum atomic E-state index is 12.4. The maximum Gasteiger partial charge on any atom is 0.273 e. The number of para-hydroxylation sites is 1. The van der Waals surface area contributed by atoms with E-state index >= 15 is 0 Å². The molecular formula is C17H17Cl2N3O3. The van der Waals surface area contributed by atoms with E-state index in [1.807, 2.05) is 0 Å². The van der Waals surface area contributed by atoms with Gasteiger partial charge in [0.1, 0.15) is 0 Å². The van der Waals surface area contributed by atoms with E-state index in [9.17, 15) is 14.9 Å². The number of nitrogens with one attached hydrogen (secondary N) is 1. The lowest BCUT2D eigenvalue weighted by Gasteiger charge is -2.24. The zero-order valence-electron chi connectivity index (χ0n) is 13.7. The number of amides is 1. The summed E-state index contributed by atoms with van der Waals surface area (Å²) in [6.45, 7) is 1.98. The molecule has 25 heavy (non-hydrogen) atoms. The first-order valence-corrected chi connectivity index (χ1v) is 8.23. The average Bonchev–Trinajstić information content (AvgIpc) is 2.56. The lowest BCUT2D eigenvalue weighted by molar-refractivity contribution is -0.385. The van der Waals surface area contributed by atoms with Crippen LogP contribution in [0.2, 0.25) is 10.0 Å². The molecule has 0 saturated carbocycles. The highest BCUT2D eigenvalue weighted by molar-refractivity contribution is 6.36. The second kappa shape index (κ2) is 8.29. The van der Waals surface area contributed by atoms with Gasteiger partial charge in [0.15, 0.2) is 0 Å². The molecule has 0 aliphatic carbocycles. The Balaban J connectivity index is 2.08. The molecule has 132 valence electrons. The first-order chi connectivity index (χ1) is 11.8. The zero-order chi connectivity index (χ0) is 18.6. The van der Waals surface area contributed by atoms with Crippen molar-refractivity contribution in [3.63, 3.8) is 0 Å². The fraction of sp³-hybridized carbons (Fsp3) is 0.235. The van der Waals surface area contributed by atoms with Crippen LogP contribution in [0.5, 0.6) is 0 Å². The smallest absolute Gasteiger partial charge is 0.273 e. The molecular weight excluding hydrogens is 365 g/mol. The minimum absolute atomic E-state index is 0.0303. The molecule has 0 bridgehead atoms. The molecule has 0 spiro atoms. The van der Waals surface area contributed by atoms with E-state index in [0.29, 0.717) is 21.3 Å². The number of benzene rings is 2. The van der Waals surface area contributed by atoms with Crippen LogP contribution in [-0.4, -0.2) is 28.8 Å². The fourth-order valence-corrected chi connectivity index (χ4v) is 2.71. The highest BCUT2D eigenvalue weighted by Crippen LogP contribution is 2.26. The molecule has 2 rings (SSSR count). The van der Waals surface area contributed by atoms with Crippen molar-refractivity contribution in [2.24, 2.45) is 0 Å². The van der Waals surface area contributed by atoms with Crippen LogP contribution in [0.15, 0.2) is 42.5 Å². The van der Waals surface area contributed by atoms with E-state index in [1.54, 1.807) is 55.3 Å². The summed E-state index contributed by atoms with van der Waals surface area (Å²) in [7, 11) is 1.73. The van der Waals surface area contributed by atoms with Gasteiger partial charge < -0.3 is 5.32 Å². The van der Waals surface area contributed by atoms with Crippen molar-refractivity contribution < 1.29 is 9.72 Å². The monoisotopic (exact) mass is 381 g/mol. The Morgan fingerprint density at radius 2 is 1.96 bits per heavy atom. The third-order valence-corrected chi connectivity index (χ3v) is 4.39. The molecule has 0 heterocycles. The Bertz CT molecular complexity index is 798. The number of carbonyl (C=O) groups is 1. The molecule has 1 atom stereocenters. The van der Waals surface area contributed by atoms with Gasteiger partial charge in [-0.1, -0.05) is 41.4 Å². The molecule has 0 aromatic heterocycles. The summed E-state index contributed by atoms with van der Waals surface area (Å²) in [4.78, 5) is 24.8. The number of rotatable bonds is 6. The van der Waals surface area contributed by atoms with Gasteiger partial charge in [-0.25, -0.2) is 0 Å². The van der Waals surface area contributed by atoms with Gasteiger partial charge in [-0.05, 0) is 32.2 Å². The summed E-state index contributed by atoms with van der Waals surface area (Å²) in [5.74, 6) is -0.273. The Morgan fingerprint density at radius 3 is 2.60 bits per heavy atom. The highest BCUT2D eigenvalue weighted by Gasteiger charge is 2.22. The molecule has 0 aliphatic heterocycles. The number of nitrogens with zero attached hydrogens (tertiary/aromatic N) is 2. The van der Waals surface area contributed by atoms with Crippen molar-refractivity contribution in [2.45, 2.75) is 19.5 Å². The molecule has 2 aromatic rings. The maximum absolute atomic E-state index is 12.4. The van der Waals surface area contributed by atoms with Gasteiger partial charge in [0.2, 0.25) is 5.91 Å². The Kier molecular flexibility index (Phi) is 6.36. The molecule has 6 nitrogen and oxygen atoms in total. The van der Waals surface area contributed by atoms with Crippen LogP contribution in [-0.2, 0) is 11.3 Å². The number of likely N-dealkylation sites (N-methyl/N-ethyl adjacent to an activating group) is 1. The highest BCUT2D eigenvalue weighted by atomic mass is 35.5. The SMILES string of the molecule is CC(C(=O)Nc1ccc(Cl)cc1Cl)N(C)Cc1ccccc1[N+](=O)[O-]. The van der Waals surface area contributed by atoms with E-state index in [1.165, 1.54) is 6.07 Å². The molecule has 1 amide bonds. The second-order valence-corrected chi connectivity index (χ2v) is 6.43. The first kappa shape index (κ1) is 19.2. The van der Waals surface area contributed by atoms with Crippen LogP contribution in [0.4, 0.5) is 11.4 Å². The van der Waals surface area contributed by atoms with E-state index in [-0.39, 0.29) is 18.1 Å². The third kappa shape index (κ3) is 4.92. The standard InChI is InChI=1S/C17H17Cl2N3O3/c1-11(17(23)20-15-8-7-13(18)9-14(15)19)21(2)10-12-5-3-4-6-16(12)22(24)25/h3-9,11H,10H2,1-2H3,(H,20,23). The molecule has 0 fully saturated rings. The average molecular weight is 382 g/mol. The molecule has 0 aliphatic rings. The van der Waals surface area contributed by atoms with E-state index in [4.69, 9.17) is 23.2 Å². The summed E-state index contributed by atoms with van der Waals surface area (Å²) < 4.78 is 0. The van der Waals surface area contributed by atoms with Gasteiger partial charge in [-0.15, -0.1) is 0 Å². The van der Waals surface area contributed by atoms with Crippen molar-refractivity contribution >= 4 is 40.5 Å². The van der Waals surface area contributed by atoms with E-state index < -0.39 is 11.0 Å². The first-order valence-electron chi connectivity index (χ1n) is 7.48. The van der Waals surface area contributed by atoms with E-state index in [0.717, 1.165) is 0 Å². The van der Waals surface area contributed by atoms with Crippen molar-refractivity contribution in [3.8, 4) is 0 Å². The molecule has 1 N–H and O–H groups in total. The van der Waals surface area contributed by atoms with Crippen molar-refractivity contribution in [3.05, 3.63) is 68.2 Å². The molecule has 2 aromatic carbocycles. The number of nitro groups is 1. The fourth-order valence-electron chi connectivity index (χ4n) is 2.26. The number of hydrogen-bond acceptors (Lipinski definition) is 4. The predicted octanol–water partition coefficient (Wildman–Crippen LogP) is 4.36. The van der Waals surface area contributed by atoms with Crippen molar-refractivity contribution in [1.82, 2.24) is 4.90 Å². The van der Waals surface area contributed by atoms with Gasteiger partial charge in [0.25, 0.3) is 5.69 Å². The van der Waals surface area contributed by atoms with Crippen LogP contribution < -0.4 is 5.32 Å². The quantitative estimate of drug-likeness (QED) is 0.595. The van der Waals surface area contributed by atoms with Gasteiger partial charge >= 0.3 is 0 Å². The third-order valence-electron chi connectivity index (χ3n) is 3.84. The Hall–Kier alpha value is -2.15. The van der Waals surface area contributed by atoms with Crippen LogP contribution in [0.1, 0.15) is 12.5 Å². The number of anilines is 1. The zero-order valence-corrected chi connectivity index (χ0v) is 15.2. The van der Waals surface area contributed by atoms with Crippen LogP contribution >= 0.6 is 23.2 Å². The Morgan fingerprint density at radius 1 is 1.28 bits per heavy atom. The molecule has 0 saturated heterocycles. The normalized spacial score (nSPS) is 12.0. The van der Waals surface area contributed by atoms with Crippen molar-refractivity contribution in [1.29, 1.82) is 0 Å². The van der Waals surface area contributed by atoms with Gasteiger partial charge in [-0.2, -0.15) is 0 Å². The van der Waals surface area contributed by atoms with Gasteiger partial charge in [0.05, 0.1) is 21.7 Å². The second-order valence-electron chi connectivity index (χ2n) is 5.59. The summed E-state index contributed by atoms with van der Waals surface area (Å²) >= 11 is 11.9. The predicted molar refractivity (Wildman–Crippen MR) is 99.1 cm³/mol. The number of carbonyl (C=O) groups excluding carboxylic acids is 1. The van der Waals surface area contributed by atoms with E-state index in [2.05, 4.69) is 5.32 Å². The largest absolute Gasteiger partial charge is 0.323 e. The lowest BCUT2D eigenvalue weighted by atomic mass is 10.1. The Labute approximate surface area is 155 Å². The number of hydrogen-bond donors (Lipinski definition) is 1. The summed E-state index contributed by atoms with van der Waals surface area (Å²) in [5, 5.41) is 14.7.